The molecule has 1 aliphatic carbocycles. The minimum Gasteiger partial charge on any atom is -0.371 e. The van der Waals surface area contributed by atoms with Crippen molar-refractivity contribution < 1.29 is 14.1 Å². The Hall–Kier alpha value is -2.18. The van der Waals surface area contributed by atoms with Gasteiger partial charge in [0.15, 0.2) is 0 Å². The molecule has 102 valence electrons. The van der Waals surface area contributed by atoms with E-state index in [1.807, 2.05) is 0 Å². The van der Waals surface area contributed by atoms with E-state index in [9.17, 15) is 19.3 Å². The van der Waals surface area contributed by atoms with Crippen LogP contribution in [0.2, 0.25) is 0 Å². The summed E-state index contributed by atoms with van der Waals surface area (Å²) in [6.45, 7) is 1.44. The van der Waals surface area contributed by atoms with Gasteiger partial charge in [0.1, 0.15) is 11.5 Å². The fourth-order valence-electron chi connectivity index (χ4n) is 1.65. The van der Waals surface area contributed by atoms with Crippen molar-refractivity contribution >= 4 is 17.3 Å². The molecule has 0 atom stereocenters. The van der Waals surface area contributed by atoms with Crippen LogP contribution in [-0.2, 0) is 4.79 Å². The molecule has 0 radical (unpaired) electrons. The number of carbonyl (C=O) groups is 1. The minimum atomic E-state index is -0.677. The number of amides is 1. The first-order valence-corrected chi connectivity index (χ1v) is 5.95. The van der Waals surface area contributed by atoms with E-state index in [0.29, 0.717) is 0 Å². The second-order valence-corrected chi connectivity index (χ2v) is 4.57. The third-order valence-corrected chi connectivity index (χ3v) is 2.86. The van der Waals surface area contributed by atoms with Gasteiger partial charge in [0.05, 0.1) is 17.5 Å². The molecule has 1 aromatic carbocycles. The minimum absolute atomic E-state index is 0.0671. The summed E-state index contributed by atoms with van der Waals surface area (Å²) in [6, 6.07) is 2.42. The van der Waals surface area contributed by atoms with Crippen molar-refractivity contribution in [2.24, 2.45) is 0 Å². The molecule has 0 saturated heterocycles. The van der Waals surface area contributed by atoms with Crippen LogP contribution in [0.15, 0.2) is 12.1 Å². The molecular weight excluding hydrogens is 253 g/mol. The zero-order chi connectivity index (χ0) is 14.0. The monoisotopic (exact) mass is 267 g/mol. The molecule has 19 heavy (non-hydrogen) atoms. The molecule has 2 rings (SSSR count). The van der Waals surface area contributed by atoms with Crippen LogP contribution < -0.4 is 10.6 Å². The predicted molar refractivity (Wildman–Crippen MR) is 67.4 cm³/mol. The van der Waals surface area contributed by atoms with Crippen molar-refractivity contribution in [2.45, 2.75) is 25.8 Å². The highest BCUT2D eigenvalue weighted by Crippen LogP contribution is 2.27. The number of hydrogen-bond acceptors (Lipinski definition) is 4. The number of benzene rings is 1. The zero-order valence-electron chi connectivity index (χ0n) is 10.4. The lowest BCUT2D eigenvalue weighted by atomic mass is 10.2. The van der Waals surface area contributed by atoms with Gasteiger partial charge in [-0.2, -0.15) is 0 Å². The quantitative estimate of drug-likeness (QED) is 0.628. The molecule has 1 aromatic rings. The number of anilines is 1. The Labute approximate surface area is 109 Å². The van der Waals surface area contributed by atoms with Crippen LogP contribution in [-0.4, -0.2) is 23.4 Å². The van der Waals surface area contributed by atoms with Crippen LogP contribution in [0.25, 0.3) is 0 Å². The van der Waals surface area contributed by atoms with Crippen LogP contribution in [0.1, 0.15) is 18.4 Å². The standard InChI is InChI=1S/C12H14FN3O3/c1-7-4-10(11(16(18)19)5-9(7)13)14-6-12(17)15-8-2-3-8/h4-5,8,14H,2-3,6H2,1H3,(H,15,17). The number of aryl methyl sites for hydroxylation is 1. The summed E-state index contributed by atoms with van der Waals surface area (Å²) in [5, 5.41) is 16.2. The molecule has 0 heterocycles. The number of hydrogen-bond donors (Lipinski definition) is 2. The van der Waals surface area contributed by atoms with Crippen molar-refractivity contribution in [2.75, 3.05) is 11.9 Å². The van der Waals surface area contributed by atoms with Crippen molar-refractivity contribution in [3.8, 4) is 0 Å². The molecule has 0 unspecified atom stereocenters. The van der Waals surface area contributed by atoms with Crippen molar-refractivity contribution in [1.29, 1.82) is 0 Å². The van der Waals surface area contributed by atoms with E-state index in [2.05, 4.69) is 10.6 Å². The van der Waals surface area contributed by atoms with Crippen LogP contribution in [0, 0.1) is 22.9 Å². The van der Waals surface area contributed by atoms with Gasteiger partial charge in [-0.15, -0.1) is 0 Å². The zero-order valence-corrected chi connectivity index (χ0v) is 10.4. The molecule has 6 nitrogen and oxygen atoms in total. The average molecular weight is 267 g/mol. The molecule has 1 fully saturated rings. The van der Waals surface area contributed by atoms with Gasteiger partial charge >= 0.3 is 0 Å². The van der Waals surface area contributed by atoms with Crippen LogP contribution in [0.5, 0.6) is 0 Å². The van der Waals surface area contributed by atoms with E-state index >= 15 is 0 Å². The van der Waals surface area contributed by atoms with Crippen molar-refractivity contribution in [3.05, 3.63) is 33.6 Å². The summed E-state index contributed by atoms with van der Waals surface area (Å²) in [6.07, 6.45) is 1.95. The third-order valence-electron chi connectivity index (χ3n) is 2.86. The first-order valence-electron chi connectivity index (χ1n) is 5.95. The molecule has 1 aliphatic rings. The van der Waals surface area contributed by atoms with Gasteiger partial charge in [-0.1, -0.05) is 0 Å². The van der Waals surface area contributed by atoms with E-state index < -0.39 is 10.7 Å². The van der Waals surface area contributed by atoms with E-state index in [4.69, 9.17) is 0 Å². The smallest absolute Gasteiger partial charge is 0.295 e. The Kier molecular flexibility index (Phi) is 3.64. The molecule has 1 amide bonds. The maximum absolute atomic E-state index is 13.3. The SMILES string of the molecule is Cc1cc(NCC(=O)NC2CC2)c([N+](=O)[O-])cc1F. The first kappa shape index (κ1) is 13.3. The van der Waals surface area contributed by atoms with Gasteiger partial charge in [0.2, 0.25) is 5.91 Å². The second kappa shape index (κ2) is 5.21. The summed E-state index contributed by atoms with van der Waals surface area (Å²) in [5.74, 6) is -0.863. The van der Waals surface area contributed by atoms with E-state index in [0.717, 1.165) is 18.9 Å². The molecule has 0 aliphatic heterocycles. The van der Waals surface area contributed by atoms with E-state index in [1.54, 1.807) is 0 Å². The fourth-order valence-corrected chi connectivity index (χ4v) is 1.65. The van der Waals surface area contributed by atoms with Gasteiger partial charge in [-0.05, 0) is 31.4 Å². The second-order valence-electron chi connectivity index (χ2n) is 4.57. The molecular formula is C12H14FN3O3. The summed E-state index contributed by atoms with van der Waals surface area (Å²) in [4.78, 5) is 21.6. The largest absolute Gasteiger partial charge is 0.371 e. The Bertz CT molecular complexity index is 529. The topological polar surface area (TPSA) is 84.3 Å². The van der Waals surface area contributed by atoms with Crippen LogP contribution >= 0.6 is 0 Å². The normalized spacial score (nSPS) is 14.0. The highest BCUT2D eigenvalue weighted by Gasteiger charge is 2.23. The summed E-state index contributed by atoms with van der Waals surface area (Å²) in [5.41, 5.74) is 0.0628. The van der Waals surface area contributed by atoms with E-state index in [-0.39, 0.29) is 35.4 Å². The Morgan fingerprint density at radius 1 is 1.53 bits per heavy atom. The van der Waals surface area contributed by atoms with Crippen LogP contribution in [0.4, 0.5) is 15.8 Å². The molecule has 0 bridgehead atoms. The highest BCUT2D eigenvalue weighted by molar-refractivity contribution is 5.82. The fraction of sp³-hybridized carbons (Fsp3) is 0.417. The maximum atomic E-state index is 13.3. The molecule has 7 heteroatoms. The van der Waals surface area contributed by atoms with Crippen LogP contribution in [0.3, 0.4) is 0 Å². The van der Waals surface area contributed by atoms with Crippen molar-refractivity contribution in [1.82, 2.24) is 5.32 Å². The highest BCUT2D eigenvalue weighted by atomic mass is 19.1. The van der Waals surface area contributed by atoms with Gasteiger partial charge in [-0.3, -0.25) is 14.9 Å². The number of nitrogens with zero attached hydrogens (tertiary/aromatic N) is 1. The molecule has 2 N–H and O–H groups in total. The van der Waals surface area contributed by atoms with Gasteiger partial charge in [0.25, 0.3) is 5.69 Å². The molecule has 0 aromatic heterocycles. The van der Waals surface area contributed by atoms with E-state index in [1.165, 1.54) is 13.0 Å². The average Bonchev–Trinajstić information content (AvgIpc) is 3.13. The first-order chi connectivity index (χ1) is 8.97. The maximum Gasteiger partial charge on any atom is 0.295 e. The Morgan fingerprint density at radius 2 is 2.21 bits per heavy atom. The van der Waals surface area contributed by atoms with Crippen molar-refractivity contribution in [3.63, 3.8) is 0 Å². The van der Waals surface area contributed by atoms with Gasteiger partial charge < -0.3 is 10.6 Å². The lowest BCUT2D eigenvalue weighted by Gasteiger charge is -2.08. The number of carbonyl (C=O) groups excluding carboxylic acids is 1. The third kappa shape index (κ3) is 3.40. The summed E-state index contributed by atoms with van der Waals surface area (Å²) < 4.78 is 13.3. The molecule has 0 spiro atoms. The summed E-state index contributed by atoms with van der Waals surface area (Å²) >= 11 is 0. The Balaban J connectivity index is 2.07. The lowest BCUT2D eigenvalue weighted by molar-refractivity contribution is -0.384. The number of nitrogens with one attached hydrogen (secondary N) is 2. The summed E-state index contributed by atoms with van der Waals surface area (Å²) in [7, 11) is 0. The van der Waals surface area contributed by atoms with Gasteiger partial charge in [0, 0.05) is 6.04 Å². The lowest BCUT2D eigenvalue weighted by Crippen LogP contribution is -2.31. The number of nitro benzene ring substituents is 1. The number of rotatable bonds is 5. The molecule has 1 saturated carbocycles. The Morgan fingerprint density at radius 3 is 2.79 bits per heavy atom. The van der Waals surface area contributed by atoms with Gasteiger partial charge in [-0.25, -0.2) is 4.39 Å². The number of halogens is 1. The predicted octanol–water partition coefficient (Wildman–Crippen LogP) is 1.73. The number of nitro groups is 1.